The van der Waals surface area contributed by atoms with E-state index < -0.39 is 0 Å². The molecule has 0 heterocycles. The Balaban J connectivity index is 2.40. The number of rotatable bonds is 4. The Hall–Kier alpha value is -2.02. The van der Waals surface area contributed by atoms with Crippen molar-refractivity contribution < 1.29 is 0 Å². The molecule has 0 fully saturated rings. The van der Waals surface area contributed by atoms with E-state index in [0.717, 1.165) is 6.54 Å². The summed E-state index contributed by atoms with van der Waals surface area (Å²) >= 11 is 0. The van der Waals surface area contributed by atoms with Crippen molar-refractivity contribution in [2.24, 2.45) is 0 Å². The molecular weight excluding hydrogens is 218 g/mol. The normalized spacial score (nSPS) is 10.8. The number of benzene rings is 2. The number of allylic oxidation sites excluding steroid dienone is 1. The molecule has 1 heteroatoms. The zero-order chi connectivity index (χ0) is 12.8. The fourth-order valence-electron chi connectivity index (χ4n) is 2.03. The molecule has 0 saturated carbocycles. The molecule has 2 aromatic rings. The number of hydrogen-bond acceptors (Lipinski definition) is 1. The van der Waals surface area contributed by atoms with Crippen LogP contribution in [0, 0.1) is 6.92 Å². The summed E-state index contributed by atoms with van der Waals surface area (Å²) in [6.07, 6.45) is 4.27. The van der Waals surface area contributed by atoms with Crippen molar-refractivity contribution in [3.63, 3.8) is 0 Å². The highest BCUT2D eigenvalue weighted by molar-refractivity contribution is 5.66. The molecule has 0 aliphatic carbocycles. The van der Waals surface area contributed by atoms with Gasteiger partial charge in [0, 0.05) is 17.9 Å². The molecule has 2 rings (SSSR count). The maximum Gasteiger partial charge on any atom is 0.0443 e. The van der Waals surface area contributed by atoms with Crippen LogP contribution in [-0.4, -0.2) is 6.54 Å². The van der Waals surface area contributed by atoms with Gasteiger partial charge in [0.15, 0.2) is 0 Å². The maximum atomic E-state index is 2.33. The molecule has 2 aromatic carbocycles. The molecule has 0 aromatic heterocycles. The van der Waals surface area contributed by atoms with Gasteiger partial charge in [0.25, 0.3) is 0 Å². The summed E-state index contributed by atoms with van der Waals surface area (Å²) in [6, 6.07) is 19.0. The smallest absolute Gasteiger partial charge is 0.0443 e. The Bertz CT molecular complexity index is 514. The van der Waals surface area contributed by atoms with Crippen LogP contribution in [0.4, 0.5) is 11.4 Å². The molecule has 92 valence electrons. The van der Waals surface area contributed by atoms with E-state index in [1.165, 1.54) is 16.9 Å². The van der Waals surface area contributed by atoms with E-state index in [1.54, 1.807) is 0 Å². The number of anilines is 2. The molecule has 0 saturated heterocycles. The minimum Gasteiger partial charge on any atom is -0.337 e. The summed E-state index contributed by atoms with van der Waals surface area (Å²) in [5.41, 5.74) is 3.79. The molecule has 0 spiro atoms. The van der Waals surface area contributed by atoms with E-state index in [-0.39, 0.29) is 0 Å². The van der Waals surface area contributed by atoms with Crippen LogP contribution < -0.4 is 4.90 Å². The lowest BCUT2D eigenvalue weighted by molar-refractivity contribution is 1.08. The Labute approximate surface area is 109 Å². The van der Waals surface area contributed by atoms with Crippen LogP contribution in [0.2, 0.25) is 0 Å². The average Bonchev–Trinajstić information content (AvgIpc) is 2.42. The van der Waals surface area contributed by atoms with Gasteiger partial charge in [-0.25, -0.2) is 0 Å². The summed E-state index contributed by atoms with van der Waals surface area (Å²) in [4.78, 5) is 2.33. The predicted octanol–water partition coefficient (Wildman–Crippen LogP) is 4.71. The lowest BCUT2D eigenvalue weighted by Gasteiger charge is -2.25. The molecule has 0 aliphatic rings. The van der Waals surface area contributed by atoms with Gasteiger partial charge in [0.2, 0.25) is 0 Å². The molecule has 0 bridgehead atoms. The van der Waals surface area contributed by atoms with Crippen molar-refractivity contribution >= 4 is 11.4 Å². The first-order valence-electron chi connectivity index (χ1n) is 6.32. The third kappa shape index (κ3) is 2.80. The van der Waals surface area contributed by atoms with Gasteiger partial charge in [0.1, 0.15) is 0 Å². The van der Waals surface area contributed by atoms with Gasteiger partial charge in [-0.2, -0.15) is 0 Å². The first-order chi connectivity index (χ1) is 8.83. The van der Waals surface area contributed by atoms with Crippen LogP contribution in [0.15, 0.2) is 66.7 Å². The zero-order valence-corrected chi connectivity index (χ0v) is 11.0. The quantitative estimate of drug-likeness (QED) is 0.696. The third-order valence-corrected chi connectivity index (χ3v) is 3.00. The number of aryl methyl sites for hydroxylation is 1. The first kappa shape index (κ1) is 12.4. The van der Waals surface area contributed by atoms with Crippen LogP contribution in [0.3, 0.4) is 0 Å². The maximum absolute atomic E-state index is 2.33. The van der Waals surface area contributed by atoms with Gasteiger partial charge in [-0.1, -0.05) is 48.6 Å². The lowest BCUT2D eigenvalue weighted by Crippen LogP contribution is -2.17. The van der Waals surface area contributed by atoms with Crippen LogP contribution in [-0.2, 0) is 0 Å². The average molecular weight is 237 g/mol. The monoisotopic (exact) mass is 237 g/mol. The minimum absolute atomic E-state index is 0.894. The first-order valence-corrected chi connectivity index (χ1v) is 6.32. The third-order valence-electron chi connectivity index (χ3n) is 3.00. The standard InChI is InChI=1S/C17H19N/c1-3-4-14-18(16-11-6-5-7-12-16)17-13-9-8-10-15(17)2/h3-13H,14H2,1-2H3/b4-3-. The van der Waals surface area contributed by atoms with Crippen LogP contribution in [0.5, 0.6) is 0 Å². The van der Waals surface area contributed by atoms with Crippen LogP contribution in [0.1, 0.15) is 12.5 Å². The fraction of sp³-hybridized carbons (Fsp3) is 0.176. The molecule has 18 heavy (non-hydrogen) atoms. The second-order valence-corrected chi connectivity index (χ2v) is 4.30. The summed E-state index contributed by atoms with van der Waals surface area (Å²) in [7, 11) is 0. The molecule has 0 unspecified atom stereocenters. The number of para-hydroxylation sites is 2. The van der Waals surface area contributed by atoms with Crippen LogP contribution >= 0.6 is 0 Å². The lowest BCUT2D eigenvalue weighted by atomic mass is 10.1. The van der Waals surface area contributed by atoms with Crippen molar-refractivity contribution in [2.45, 2.75) is 13.8 Å². The summed E-state index contributed by atoms with van der Waals surface area (Å²) in [5, 5.41) is 0. The highest BCUT2D eigenvalue weighted by atomic mass is 15.1. The summed E-state index contributed by atoms with van der Waals surface area (Å²) in [5.74, 6) is 0. The fourth-order valence-corrected chi connectivity index (χ4v) is 2.03. The Morgan fingerprint density at radius 1 is 0.944 bits per heavy atom. The number of hydrogen-bond donors (Lipinski definition) is 0. The Kier molecular flexibility index (Phi) is 4.19. The molecule has 1 nitrogen and oxygen atoms in total. The van der Waals surface area contributed by atoms with Crippen molar-refractivity contribution in [3.05, 3.63) is 72.3 Å². The highest BCUT2D eigenvalue weighted by Crippen LogP contribution is 2.27. The van der Waals surface area contributed by atoms with E-state index in [2.05, 4.69) is 85.5 Å². The van der Waals surface area contributed by atoms with E-state index in [0.29, 0.717) is 0 Å². The predicted molar refractivity (Wildman–Crippen MR) is 79.4 cm³/mol. The van der Waals surface area contributed by atoms with Gasteiger partial charge in [0.05, 0.1) is 0 Å². The van der Waals surface area contributed by atoms with Gasteiger partial charge in [-0.15, -0.1) is 0 Å². The summed E-state index contributed by atoms with van der Waals surface area (Å²) < 4.78 is 0. The largest absolute Gasteiger partial charge is 0.337 e. The van der Waals surface area contributed by atoms with Gasteiger partial charge < -0.3 is 4.90 Å². The van der Waals surface area contributed by atoms with E-state index >= 15 is 0 Å². The van der Waals surface area contributed by atoms with Gasteiger partial charge >= 0.3 is 0 Å². The molecular formula is C17H19N. The minimum atomic E-state index is 0.894. The molecule has 0 N–H and O–H groups in total. The Morgan fingerprint density at radius 3 is 2.28 bits per heavy atom. The topological polar surface area (TPSA) is 3.24 Å². The van der Waals surface area contributed by atoms with Crippen molar-refractivity contribution in [2.75, 3.05) is 11.4 Å². The van der Waals surface area contributed by atoms with Crippen molar-refractivity contribution in [1.82, 2.24) is 0 Å². The van der Waals surface area contributed by atoms with Crippen molar-refractivity contribution in [1.29, 1.82) is 0 Å². The van der Waals surface area contributed by atoms with Crippen molar-refractivity contribution in [3.8, 4) is 0 Å². The van der Waals surface area contributed by atoms with Gasteiger partial charge in [-0.05, 0) is 37.6 Å². The molecule has 0 amide bonds. The molecule has 0 aliphatic heterocycles. The second kappa shape index (κ2) is 6.06. The van der Waals surface area contributed by atoms with E-state index in [4.69, 9.17) is 0 Å². The van der Waals surface area contributed by atoms with E-state index in [9.17, 15) is 0 Å². The van der Waals surface area contributed by atoms with Gasteiger partial charge in [-0.3, -0.25) is 0 Å². The summed E-state index contributed by atoms with van der Waals surface area (Å²) in [6.45, 7) is 5.10. The molecule has 0 radical (unpaired) electrons. The SMILES string of the molecule is C/C=C\CN(c1ccccc1)c1ccccc1C. The van der Waals surface area contributed by atoms with E-state index in [1.807, 2.05) is 0 Å². The van der Waals surface area contributed by atoms with Crippen LogP contribution in [0.25, 0.3) is 0 Å². The second-order valence-electron chi connectivity index (χ2n) is 4.30. The highest BCUT2D eigenvalue weighted by Gasteiger charge is 2.08. The molecule has 0 atom stereocenters. The Morgan fingerprint density at radius 2 is 1.61 bits per heavy atom. The zero-order valence-electron chi connectivity index (χ0n) is 11.0. The number of nitrogens with zero attached hydrogens (tertiary/aromatic N) is 1.